The summed E-state index contributed by atoms with van der Waals surface area (Å²) in [5.41, 5.74) is 6.32. The second-order valence-corrected chi connectivity index (χ2v) is 5.17. The second-order valence-electron chi connectivity index (χ2n) is 5.17. The molecule has 1 fully saturated rings. The average Bonchev–Trinajstić information content (AvgIpc) is 2.89. The number of hydrogen-bond donors (Lipinski definition) is 2. The molecule has 1 amide bonds. The fourth-order valence-electron chi connectivity index (χ4n) is 2.82. The Morgan fingerprint density at radius 3 is 2.89 bits per heavy atom. The number of amides is 1. The molecule has 2 atom stereocenters. The van der Waals surface area contributed by atoms with Crippen molar-refractivity contribution in [3.8, 4) is 0 Å². The van der Waals surface area contributed by atoms with Crippen LogP contribution in [-0.2, 0) is 11.2 Å². The highest BCUT2D eigenvalue weighted by Crippen LogP contribution is 2.30. The van der Waals surface area contributed by atoms with Crippen LogP contribution in [-0.4, -0.2) is 19.0 Å². The predicted molar refractivity (Wildman–Crippen MR) is 73.0 cm³/mol. The molecule has 19 heavy (non-hydrogen) atoms. The first-order valence-corrected chi connectivity index (χ1v) is 6.93. The Labute approximate surface area is 113 Å². The van der Waals surface area contributed by atoms with Gasteiger partial charge in [-0.15, -0.1) is 0 Å². The molecule has 0 bridgehead atoms. The van der Waals surface area contributed by atoms with Crippen LogP contribution in [0.1, 0.15) is 24.8 Å². The summed E-state index contributed by atoms with van der Waals surface area (Å²) in [5, 5.41) is 2.90. The lowest BCUT2D eigenvalue weighted by Gasteiger charge is -2.17. The molecule has 0 spiro atoms. The Morgan fingerprint density at radius 1 is 1.37 bits per heavy atom. The van der Waals surface area contributed by atoms with E-state index in [1.165, 1.54) is 6.07 Å². The fraction of sp³-hybridized carbons (Fsp3) is 0.533. The third kappa shape index (κ3) is 3.53. The van der Waals surface area contributed by atoms with Crippen molar-refractivity contribution in [3.63, 3.8) is 0 Å². The van der Waals surface area contributed by atoms with Crippen LogP contribution in [0.5, 0.6) is 0 Å². The second kappa shape index (κ2) is 6.66. The van der Waals surface area contributed by atoms with Crippen molar-refractivity contribution in [1.29, 1.82) is 0 Å². The van der Waals surface area contributed by atoms with Gasteiger partial charge in [0, 0.05) is 12.5 Å². The monoisotopic (exact) mass is 264 g/mol. The average molecular weight is 264 g/mol. The van der Waals surface area contributed by atoms with E-state index in [-0.39, 0.29) is 17.6 Å². The summed E-state index contributed by atoms with van der Waals surface area (Å²) in [6, 6.07) is 6.67. The van der Waals surface area contributed by atoms with Crippen LogP contribution in [0.15, 0.2) is 24.3 Å². The highest BCUT2D eigenvalue weighted by atomic mass is 19.1. The Kier molecular flexibility index (Phi) is 4.91. The van der Waals surface area contributed by atoms with Gasteiger partial charge in [-0.3, -0.25) is 4.79 Å². The Hall–Kier alpha value is -1.42. The summed E-state index contributed by atoms with van der Waals surface area (Å²) in [6.07, 6.45) is 3.57. The van der Waals surface area contributed by atoms with E-state index in [0.29, 0.717) is 31.0 Å². The van der Waals surface area contributed by atoms with Gasteiger partial charge in [-0.25, -0.2) is 4.39 Å². The van der Waals surface area contributed by atoms with Crippen LogP contribution in [0, 0.1) is 17.7 Å². The van der Waals surface area contributed by atoms with Crippen molar-refractivity contribution in [2.75, 3.05) is 13.1 Å². The predicted octanol–water partition coefficient (Wildman–Crippen LogP) is 1.86. The molecule has 3 N–H and O–H groups in total. The number of rotatable bonds is 5. The Balaban J connectivity index is 1.80. The van der Waals surface area contributed by atoms with Gasteiger partial charge in [-0.05, 0) is 43.4 Å². The fourth-order valence-corrected chi connectivity index (χ4v) is 2.82. The van der Waals surface area contributed by atoms with Gasteiger partial charge in [0.05, 0.1) is 0 Å². The van der Waals surface area contributed by atoms with Crippen LogP contribution in [0.25, 0.3) is 0 Å². The first kappa shape index (κ1) is 14.0. The van der Waals surface area contributed by atoms with Crippen LogP contribution in [0.2, 0.25) is 0 Å². The smallest absolute Gasteiger partial charge is 0.223 e. The number of carbonyl (C=O) groups excluding carboxylic acids is 1. The lowest BCUT2D eigenvalue weighted by atomic mass is 9.95. The maximum absolute atomic E-state index is 13.4. The highest BCUT2D eigenvalue weighted by molar-refractivity contribution is 5.79. The van der Waals surface area contributed by atoms with Crippen LogP contribution < -0.4 is 11.1 Å². The minimum absolute atomic E-state index is 0.0469. The van der Waals surface area contributed by atoms with Crippen molar-refractivity contribution in [2.24, 2.45) is 17.6 Å². The first-order chi connectivity index (χ1) is 9.22. The minimum atomic E-state index is -0.211. The molecule has 1 aromatic rings. The van der Waals surface area contributed by atoms with Gasteiger partial charge >= 0.3 is 0 Å². The van der Waals surface area contributed by atoms with Gasteiger partial charge < -0.3 is 11.1 Å². The maximum Gasteiger partial charge on any atom is 0.223 e. The molecule has 0 aliphatic heterocycles. The maximum atomic E-state index is 13.4. The molecule has 0 radical (unpaired) electrons. The minimum Gasteiger partial charge on any atom is -0.356 e. The first-order valence-electron chi connectivity index (χ1n) is 6.93. The quantitative estimate of drug-likeness (QED) is 0.853. The number of carbonyl (C=O) groups is 1. The SMILES string of the molecule is NCC1CCCC1C(=O)NCCc1ccccc1F. The summed E-state index contributed by atoms with van der Waals surface area (Å²) in [6.45, 7) is 1.05. The van der Waals surface area contributed by atoms with Crippen LogP contribution in [0.4, 0.5) is 4.39 Å². The van der Waals surface area contributed by atoms with Crippen LogP contribution >= 0.6 is 0 Å². The third-order valence-electron chi connectivity index (χ3n) is 3.95. The van der Waals surface area contributed by atoms with Crippen molar-refractivity contribution < 1.29 is 9.18 Å². The van der Waals surface area contributed by atoms with E-state index in [4.69, 9.17) is 5.73 Å². The summed E-state index contributed by atoms with van der Waals surface area (Å²) >= 11 is 0. The van der Waals surface area contributed by atoms with E-state index < -0.39 is 0 Å². The summed E-state index contributed by atoms with van der Waals surface area (Å²) in [5.74, 6) is 0.223. The molecular formula is C15H21FN2O. The molecule has 0 heterocycles. The molecule has 0 saturated heterocycles. The molecule has 1 saturated carbocycles. The summed E-state index contributed by atoms with van der Waals surface area (Å²) < 4.78 is 13.4. The molecule has 1 aromatic carbocycles. The molecule has 1 aliphatic rings. The number of nitrogens with one attached hydrogen (secondary N) is 1. The third-order valence-corrected chi connectivity index (χ3v) is 3.95. The number of benzene rings is 1. The molecule has 4 heteroatoms. The number of nitrogens with two attached hydrogens (primary N) is 1. The zero-order valence-corrected chi connectivity index (χ0v) is 11.1. The largest absolute Gasteiger partial charge is 0.356 e. The van der Waals surface area contributed by atoms with E-state index in [9.17, 15) is 9.18 Å². The standard InChI is InChI=1S/C15H21FN2O/c16-14-7-2-1-4-11(14)8-9-18-15(19)13-6-3-5-12(13)10-17/h1-2,4,7,12-13H,3,5-6,8-10,17H2,(H,18,19). The van der Waals surface area contributed by atoms with E-state index in [0.717, 1.165) is 19.3 Å². The highest BCUT2D eigenvalue weighted by Gasteiger charge is 2.31. The van der Waals surface area contributed by atoms with Crippen molar-refractivity contribution in [2.45, 2.75) is 25.7 Å². The number of hydrogen-bond acceptors (Lipinski definition) is 2. The summed E-state index contributed by atoms with van der Waals surface area (Å²) in [4.78, 5) is 12.0. The Bertz CT molecular complexity index is 436. The van der Waals surface area contributed by atoms with Gasteiger partial charge in [-0.1, -0.05) is 24.6 Å². The van der Waals surface area contributed by atoms with Gasteiger partial charge in [0.25, 0.3) is 0 Å². The van der Waals surface area contributed by atoms with E-state index >= 15 is 0 Å². The molecule has 3 nitrogen and oxygen atoms in total. The lowest BCUT2D eigenvalue weighted by molar-refractivity contribution is -0.125. The van der Waals surface area contributed by atoms with Crippen LogP contribution in [0.3, 0.4) is 0 Å². The van der Waals surface area contributed by atoms with E-state index in [2.05, 4.69) is 5.32 Å². The molecular weight excluding hydrogens is 243 g/mol. The Morgan fingerprint density at radius 2 is 2.16 bits per heavy atom. The number of halogens is 1. The van der Waals surface area contributed by atoms with Crippen molar-refractivity contribution in [3.05, 3.63) is 35.6 Å². The zero-order valence-electron chi connectivity index (χ0n) is 11.1. The molecule has 1 aliphatic carbocycles. The van der Waals surface area contributed by atoms with Gasteiger partial charge in [-0.2, -0.15) is 0 Å². The van der Waals surface area contributed by atoms with Gasteiger partial charge in [0.15, 0.2) is 0 Å². The van der Waals surface area contributed by atoms with Crippen molar-refractivity contribution >= 4 is 5.91 Å². The normalized spacial score (nSPS) is 22.4. The molecule has 104 valence electrons. The van der Waals surface area contributed by atoms with Crippen molar-refractivity contribution in [1.82, 2.24) is 5.32 Å². The summed E-state index contributed by atoms with van der Waals surface area (Å²) in [7, 11) is 0. The van der Waals surface area contributed by atoms with E-state index in [1.807, 2.05) is 6.07 Å². The molecule has 2 rings (SSSR count). The molecule has 0 aromatic heterocycles. The van der Waals surface area contributed by atoms with E-state index in [1.54, 1.807) is 12.1 Å². The van der Waals surface area contributed by atoms with Gasteiger partial charge in [0.2, 0.25) is 5.91 Å². The van der Waals surface area contributed by atoms with Gasteiger partial charge in [0.1, 0.15) is 5.82 Å². The molecule has 2 unspecified atom stereocenters. The zero-order chi connectivity index (χ0) is 13.7. The lowest BCUT2D eigenvalue weighted by Crippen LogP contribution is -2.36. The topological polar surface area (TPSA) is 55.1 Å².